The van der Waals surface area contributed by atoms with E-state index in [1.807, 2.05) is 0 Å². The minimum Gasteiger partial charge on any atom is -0.481 e. The Morgan fingerprint density at radius 3 is 1.63 bits per heavy atom. The van der Waals surface area contributed by atoms with Crippen LogP contribution in [-0.4, -0.2) is 46.6 Å². The number of aliphatic carboxylic acids is 2. The van der Waals surface area contributed by atoms with Crippen LogP contribution in [0.1, 0.15) is 110 Å². The molecule has 4 unspecified atom stereocenters. The summed E-state index contributed by atoms with van der Waals surface area (Å²) >= 11 is 0. The third-order valence-corrected chi connectivity index (χ3v) is 6.87. The Labute approximate surface area is 181 Å². The molecule has 6 nitrogen and oxygen atoms in total. The van der Waals surface area contributed by atoms with Crippen molar-refractivity contribution in [2.75, 3.05) is 0 Å². The molecule has 30 heavy (non-hydrogen) atoms. The van der Waals surface area contributed by atoms with Crippen LogP contribution in [0.5, 0.6) is 0 Å². The van der Waals surface area contributed by atoms with E-state index in [-0.39, 0.29) is 18.6 Å². The Bertz CT molecular complexity index is 508. The molecule has 6 heteroatoms. The van der Waals surface area contributed by atoms with Gasteiger partial charge in [0.1, 0.15) is 0 Å². The average molecular weight is 427 g/mol. The molecule has 0 aromatic heterocycles. The summed E-state index contributed by atoms with van der Waals surface area (Å²) in [5.41, 5.74) is -0.744. The predicted molar refractivity (Wildman–Crippen MR) is 116 cm³/mol. The van der Waals surface area contributed by atoms with Crippen LogP contribution in [0.15, 0.2) is 0 Å². The fraction of sp³-hybridized carbons (Fsp3) is 0.917. The molecule has 2 aliphatic rings. The van der Waals surface area contributed by atoms with Crippen molar-refractivity contribution in [1.29, 1.82) is 0 Å². The number of carboxylic acid groups (broad SMARTS) is 2. The van der Waals surface area contributed by atoms with Crippen LogP contribution < -0.4 is 0 Å². The van der Waals surface area contributed by atoms with Gasteiger partial charge in [0, 0.05) is 6.42 Å². The number of carboxylic acids is 2. The summed E-state index contributed by atoms with van der Waals surface area (Å²) in [5, 5.41) is 19.0. The van der Waals surface area contributed by atoms with Gasteiger partial charge in [-0.2, -0.15) is 0 Å². The Morgan fingerprint density at radius 1 is 0.700 bits per heavy atom. The van der Waals surface area contributed by atoms with E-state index in [1.54, 1.807) is 0 Å². The van der Waals surface area contributed by atoms with Crippen molar-refractivity contribution < 1.29 is 29.3 Å². The molecule has 2 fully saturated rings. The lowest BCUT2D eigenvalue weighted by Gasteiger charge is -2.29. The number of ether oxygens (including phenoxy) is 2. The van der Waals surface area contributed by atoms with Gasteiger partial charge in [0.2, 0.25) is 0 Å². The lowest BCUT2D eigenvalue weighted by atomic mass is 9.74. The van der Waals surface area contributed by atoms with E-state index in [4.69, 9.17) is 14.6 Å². The second kappa shape index (κ2) is 12.7. The summed E-state index contributed by atoms with van der Waals surface area (Å²) in [7, 11) is 0. The molecule has 2 saturated heterocycles. The molecule has 2 N–H and O–H groups in total. The van der Waals surface area contributed by atoms with E-state index < -0.39 is 17.4 Å². The van der Waals surface area contributed by atoms with Gasteiger partial charge in [-0.25, -0.2) is 0 Å². The second-order valence-corrected chi connectivity index (χ2v) is 9.33. The van der Waals surface area contributed by atoms with Crippen LogP contribution in [0.2, 0.25) is 0 Å². The first-order valence-electron chi connectivity index (χ1n) is 12.2. The van der Waals surface area contributed by atoms with E-state index in [0.29, 0.717) is 37.9 Å². The summed E-state index contributed by atoms with van der Waals surface area (Å²) in [4.78, 5) is 23.1. The molecular formula is C24H42O6. The van der Waals surface area contributed by atoms with E-state index in [9.17, 15) is 14.7 Å². The maximum Gasteiger partial charge on any atom is 0.309 e. The first kappa shape index (κ1) is 25.1. The molecule has 2 rings (SSSR count). The maximum absolute atomic E-state index is 12.4. The van der Waals surface area contributed by atoms with Gasteiger partial charge in [-0.3, -0.25) is 9.59 Å². The quantitative estimate of drug-likeness (QED) is 0.207. The predicted octanol–water partition coefficient (Wildman–Crippen LogP) is 5.57. The van der Waals surface area contributed by atoms with Crippen molar-refractivity contribution in [2.45, 2.75) is 135 Å². The van der Waals surface area contributed by atoms with Crippen molar-refractivity contribution in [3.05, 3.63) is 0 Å². The Hall–Kier alpha value is -1.14. The molecule has 2 aliphatic heterocycles. The number of carbonyl (C=O) groups is 2. The van der Waals surface area contributed by atoms with Gasteiger partial charge in [0.05, 0.1) is 29.8 Å². The van der Waals surface area contributed by atoms with Gasteiger partial charge in [-0.1, -0.05) is 52.4 Å². The van der Waals surface area contributed by atoms with Gasteiger partial charge >= 0.3 is 11.9 Å². The Balaban J connectivity index is 1.85. The Kier molecular flexibility index (Phi) is 10.6. The second-order valence-electron chi connectivity index (χ2n) is 9.33. The SMILES string of the molecule is CCCCC1OC1CCC(CCCCCC(=O)O)(CCC1OC1CCCC)C(=O)O. The van der Waals surface area contributed by atoms with Crippen LogP contribution >= 0.6 is 0 Å². The molecule has 0 aliphatic carbocycles. The Morgan fingerprint density at radius 2 is 1.20 bits per heavy atom. The number of hydrogen-bond donors (Lipinski definition) is 2. The van der Waals surface area contributed by atoms with Crippen LogP contribution in [-0.2, 0) is 19.1 Å². The zero-order chi connectivity index (χ0) is 22.0. The molecule has 0 aromatic carbocycles. The highest BCUT2D eigenvalue weighted by molar-refractivity contribution is 5.74. The van der Waals surface area contributed by atoms with Gasteiger partial charge in [-0.15, -0.1) is 0 Å². The normalized spacial score (nSPS) is 26.9. The number of epoxide rings is 2. The molecule has 2 heterocycles. The van der Waals surface area contributed by atoms with E-state index in [2.05, 4.69) is 13.8 Å². The highest BCUT2D eigenvalue weighted by Crippen LogP contribution is 2.43. The first-order chi connectivity index (χ1) is 14.4. The zero-order valence-corrected chi connectivity index (χ0v) is 18.9. The first-order valence-corrected chi connectivity index (χ1v) is 12.2. The van der Waals surface area contributed by atoms with Crippen LogP contribution in [0.25, 0.3) is 0 Å². The van der Waals surface area contributed by atoms with Crippen LogP contribution in [0.4, 0.5) is 0 Å². The van der Waals surface area contributed by atoms with E-state index in [0.717, 1.165) is 64.2 Å². The summed E-state index contributed by atoms with van der Waals surface area (Å²) in [6.45, 7) is 4.34. The summed E-state index contributed by atoms with van der Waals surface area (Å²) in [6, 6.07) is 0. The highest BCUT2D eigenvalue weighted by atomic mass is 16.6. The topological polar surface area (TPSA) is 99.7 Å². The molecule has 0 saturated carbocycles. The lowest BCUT2D eigenvalue weighted by molar-refractivity contribution is -0.151. The standard InChI is InChI=1S/C24H42O6/c1-3-5-10-18-20(29-18)13-16-24(23(27)28,15-9-7-8-12-22(25)26)17-14-21-19(30-21)11-6-4-2/h18-21H,3-17H2,1-2H3,(H,25,26)(H,27,28). The zero-order valence-electron chi connectivity index (χ0n) is 18.9. The van der Waals surface area contributed by atoms with E-state index in [1.165, 1.54) is 0 Å². The third-order valence-electron chi connectivity index (χ3n) is 6.87. The molecule has 174 valence electrons. The number of hydrogen-bond acceptors (Lipinski definition) is 4. The summed E-state index contributed by atoms with van der Waals surface area (Å²) in [6.07, 6.45) is 13.6. The summed E-state index contributed by atoms with van der Waals surface area (Å²) in [5.74, 6) is -1.50. The molecule has 0 spiro atoms. The van der Waals surface area contributed by atoms with Crippen LogP contribution in [0.3, 0.4) is 0 Å². The van der Waals surface area contributed by atoms with Gasteiger partial charge in [0.15, 0.2) is 0 Å². The smallest absolute Gasteiger partial charge is 0.309 e. The largest absolute Gasteiger partial charge is 0.481 e. The molecular weight excluding hydrogens is 384 g/mol. The average Bonchev–Trinajstić information content (AvgIpc) is 3.62. The minimum absolute atomic E-state index is 0.157. The number of rotatable bonds is 19. The molecule has 0 radical (unpaired) electrons. The fourth-order valence-electron chi connectivity index (χ4n) is 4.63. The highest BCUT2D eigenvalue weighted by Gasteiger charge is 2.45. The third kappa shape index (κ3) is 8.54. The van der Waals surface area contributed by atoms with Crippen molar-refractivity contribution in [3.63, 3.8) is 0 Å². The van der Waals surface area contributed by atoms with E-state index >= 15 is 0 Å². The van der Waals surface area contributed by atoms with Gasteiger partial charge in [0.25, 0.3) is 0 Å². The number of unbranched alkanes of at least 4 members (excludes halogenated alkanes) is 4. The molecule has 0 aromatic rings. The molecule has 4 atom stereocenters. The van der Waals surface area contributed by atoms with Crippen molar-refractivity contribution in [3.8, 4) is 0 Å². The van der Waals surface area contributed by atoms with Crippen molar-refractivity contribution in [1.82, 2.24) is 0 Å². The monoisotopic (exact) mass is 426 g/mol. The van der Waals surface area contributed by atoms with Crippen LogP contribution in [0, 0.1) is 5.41 Å². The van der Waals surface area contributed by atoms with Gasteiger partial charge in [-0.05, 0) is 51.4 Å². The molecule has 0 amide bonds. The lowest BCUT2D eigenvalue weighted by Crippen LogP contribution is -2.32. The minimum atomic E-state index is -0.785. The fourth-order valence-corrected chi connectivity index (χ4v) is 4.63. The summed E-state index contributed by atoms with van der Waals surface area (Å²) < 4.78 is 11.6. The maximum atomic E-state index is 12.4. The molecule has 0 bridgehead atoms. The van der Waals surface area contributed by atoms with Crippen molar-refractivity contribution in [2.24, 2.45) is 5.41 Å². The van der Waals surface area contributed by atoms with Crippen molar-refractivity contribution >= 4 is 11.9 Å². The van der Waals surface area contributed by atoms with Gasteiger partial charge < -0.3 is 19.7 Å².